The smallest absolute Gasteiger partial charge is 0.164 e. The summed E-state index contributed by atoms with van der Waals surface area (Å²) in [7, 11) is 0. The lowest BCUT2D eigenvalue weighted by Crippen LogP contribution is -2.14. The maximum atomic E-state index is 8.69. The van der Waals surface area contributed by atoms with E-state index in [0.29, 0.717) is 11.6 Å². The molecule has 11 rings (SSSR count). The van der Waals surface area contributed by atoms with E-state index in [1.165, 1.54) is 33.0 Å². The molecule has 53 heavy (non-hydrogen) atoms. The SMILES string of the molecule is [2H]c1c([2H])c([2H])c(-c2nc(-c3ccccc3)nc(-c3ccc4c(c3)sc3cccc(-n5c6ccccc6c6c7c(ccc65)C(C)(C)c5ccccc5-7)c34)n2)c([2H])c1[2H]. The van der Waals surface area contributed by atoms with E-state index in [-0.39, 0.29) is 28.9 Å². The predicted molar refractivity (Wildman–Crippen MR) is 221 cm³/mol. The van der Waals surface area contributed by atoms with Crippen LogP contribution < -0.4 is 0 Å². The van der Waals surface area contributed by atoms with Gasteiger partial charge in [-0.25, -0.2) is 15.0 Å². The molecule has 0 aliphatic heterocycles. The third-order valence-corrected chi connectivity index (χ3v) is 11.9. The first-order valence-corrected chi connectivity index (χ1v) is 18.4. The molecule has 7 aromatic carbocycles. The van der Waals surface area contributed by atoms with Crippen LogP contribution in [-0.2, 0) is 5.41 Å². The molecule has 0 amide bonds. The van der Waals surface area contributed by atoms with Gasteiger partial charge in [-0.1, -0.05) is 141 Å². The zero-order chi connectivity index (χ0) is 39.6. The summed E-state index contributed by atoms with van der Waals surface area (Å²) in [5.74, 6) is 0.702. The molecular formula is C48H32N4S. The van der Waals surface area contributed by atoms with Crippen molar-refractivity contribution in [3.05, 3.63) is 169 Å². The second-order valence-electron chi connectivity index (χ2n) is 14.0. The fraction of sp³-hybridized carbons (Fsp3) is 0.0625. The van der Waals surface area contributed by atoms with Crippen LogP contribution in [0.3, 0.4) is 0 Å². The van der Waals surface area contributed by atoms with Crippen LogP contribution in [0.1, 0.15) is 31.8 Å². The summed E-state index contributed by atoms with van der Waals surface area (Å²) in [6, 6.07) is 42.2. The standard InChI is InChI=1S/C48H32N4S/c1-48(2)35-20-11-9-18-32(35)42-36(48)26-27-39-44(42)33-19-10-12-21-37(33)52(39)38-22-13-23-40-43(38)34-25-24-31(28-41(34)53-40)47-50-45(29-14-5-3-6-15-29)49-46(51-47)30-16-7-4-8-17-30/h3-28H,1-2H3/i3D,5D,6D,14D,15D. The third-order valence-electron chi connectivity index (χ3n) is 10.7. The van der Waals surface area contributed by atoms with Crippen molar-refractivity contribution in [1.82, 2.24) is 19.5 Å². The number of thiophene rings is 1. The zero-order valence-corrected chi connectivity index (χ0v) is 29.6. The molecule has 0 N–H and O–H groups in total. The Morgan fingerprint density at radius 2 is 1.28 bits per heavy atom. The van der Waals surface area contributed by atoms with Crippen LogP contribution >= 0.6 is 11.3 Å². The Kier molecular flexibility index (Phi) is 5.43. The number of para-hydroxylation sites is 1. The van der Waals surface area contributed by atoms with Crippen molar-refractivity contribution in [3.63, 3.8) is 0 Å². The molecule has 3 heterocycles. The van der Waals surface area contributed by atoms with E-state index >= 15 is 0 Å². The lowest BCUT2D eigenvalue weighted by molar-refractivity contribution is 0.661. The second kappa shape index (κ2) is 11.3. The van der Waals surface area contributed by atoms with Crippen LogP contribution in [0.5, 0.6) is 0 Å². The quantitative estimate of drug-likeness (QED) is 0.183. The lowest BCUT2D eigenvalue weighted by atomic mass is 9.82. The molecule has 0 bridgehead atoms. The number of rotatable bonds is 4. The number of nitrogens with zero attached hydrogens (tertiary/aromatic N) is 4. The summed E-state index contributed by atoms with van der Waals surface area (Å²) in [5, 5.41) is 4.74. The van der Waals surface area contributed by atoms with Gasteiger partial charge < -0.3 is 4.57 Å². The van der Waals surface area contributed by atoms with Gasteiger partial charge in [0.05, 0.1) is 23.6 Å². The van der Waals surface area contributed by atoms with E-state index < -0.39 is 18.1 Å². The van der Waals surface area contributed by atoms with Crippen LogP contribution in [-0.4, -0.2) is 19.5 Å². The van der Waals surface area contributed by atoms with Gasteiger partial charge in [-0.05, 0) is 52.6 Å². The van der Waals surface area contributed by atoms with Gasteiger partial charge in [0.25, 0.3) is 0 Å². The highest BCUT2D eigenvalue weighted by atomic mass is 32.1. The van der Waals surface area contributed by atoms with Crippen LogP contribution in [0.25, 0.3) is 93.0 Å². The summed E-state index contributed by atoms with van der Waals surface area (Å²) >= 11 is 1.70. The van der Waals surface area contributed by atoms with E-state index in [1.807, 2.05) is 36.4 Å². The van der Waals surface area contributed by atoms with Crippen molar-refractivity contribution >= 4 is 53.3 Å². The lowest BCUT2D eigenvalue weighted by Gasteiger charge is -2.21. The molecule has 0 radical (unpaired) electrons. The predicted octanol–water partition coefficient (Wildman–Crippen LogP) is 12.6. The van der Waals surface area contributed by atoms with Gasteiger partial charge in [-0.2, -0.15) is 0 Å². The highest BCUT2D eigenvalue weighted by Gasteiger charge is 2.37. The average molecular weight is 702 g/mol. The van der Waals surface area contributed by atoms with Crippen molar-refractivity contribution in [1.29, 1.82) is 0 Å². The van der Waals surface area contributed by atoms with Gasteiger partial charge in [0.1, 0.15) is 0 Å². The normalized spacial score (nSPS) is 14.6. The molecule has 0 fully saturated rings. The van der Waals surface area contributed by atoms with Crippen molar-refractivity contribution < 1.29 is 6.85 Å². The topological polar surface area (TPSA) is 43.6 Å². The highest BCUT2D eigenvalue weighted by molar-refractivity contribution is 7.26. The molecule has 0 saturated carbocycles. The molecule has 0 unspecified atom stereocenters. The monoisotopic (exact) mass is 701 g/mol. The molecular weight excluding hydrogens is 665 g/mol. The molecule has 0 spiro atoms. The minimum Gasteiger partial charge on any atom is -0.309 e. The van der Waals surface area contributed by atoms with Gasteiger partial charge in [0.2, 0.25) is 0 Å². The van der Waals surface area contributed by atoms with Gasteiger partial charge >= 0.3 is 0 Å². The fourth-order valence-electron chi connectivity index (χ4n) is 8.34. The minimum absolute atomic E-state index is 0.0171. The number of hydrogen-bond donors (Lipinski definition) is 0. The summed E-state index contributed by atoms with van der Waals surface area (Å²) in [5.41, 5.74) is 9.99. The summed E-state index contributed by atoms with van der Waals surface area (Å²) in [4.78, 5) is 14.3. The molecule has 0 atom stereocenters. The first-order valence-electron chi connectivity index (χ1n) is 20.1. The van der Waals surface area contributed by atoms with Gasteiger partial charge in [-0.15, -0.1) is 11.3 Å². The van der Waals surface area contributed by atoms with Crippen molar-refractivity contribution in [2.45, 2.75) is 19.3 Å². The largest absolute Gasteiger partial charge is 0.309 e. The molecule has 1 aliphatic carbocycles. The number of fused-ring (bicyclic) bond motifs is 10. The molecule has 10 aromatic rings. The third kappa shape index (κ3) is 4.44. The highest BCUT2D eigenvalue weighted by Crippen LogP contribution is 2.53. The zero-order valence-electron chi connectivity index (χ0n) is 33.8. The maximum Gasteiger partial charge on any atom is 0.164 e. The van der Waals surface area contributed by atoms with E-state index in [1.54, 1.807) is 11.3 Å². The minimum atomic E-state index is -0.468. The Balaban J connectivity index is 1.13. The molecule has 0 saturated heterocycles. The van der Waals surface area contributed by atoms with E-state index in [0.717, 1.165) is 48.0 Å². The summed E-state index contributed by atoms with van der Waals surface area (Å²) in [6.07, 6.45) is 0. The first-order chi connectivity index (χ1) is 28.1. The fourth-order valence-corrected chi connectivity index (χ4v) is 9.51. The molecule has 5 heteroatoms. The van der Waals surface area contributed by atoms with E-state index in [4.69, 9.17) is 16.8 Å². The Hall–Kier alpha value is -6.43. The molecule has 3 aromatic heterocycles. The first kappa shape index (κ1) is 25.5. The Labute approximate surface area is 317 Å². The number of aromatic nitrogens is 4. The number of benzene rings is 7. The van der Waals surface area contributed by atoms with Gasteiger partial charge in [-0.3, -0.25) is 0 Å². The van der Waals surface area contributed by atoms with Gasteiger partial charge in [0, 0.05) is 53.1 Å². The summed E-state index contributed by atoms with van der Waals surface area (Å²) in [6.45, 7) is 4.65. The van der Waals surface area contributed by atoms with Crippen LogP contribution in [0, 0.1) is 0 Å². The van der Waals surface area contributed by atoms with Crippen LogP contribution in [0.15, 0.2) is 158 Å². The van der Waals surface area contributed by atoms with Crippen molar-refractivity contribution in [3.8, 4) is 51.0 Å². The average Bonchev–Trinajstić information content (AvgIpc) is 3.87. The van der Waals surface area contributed by atoms with Crippen molar-refractivity contribution in [2.75, 3.05) is 0 Å². The van der Waals surface area contributed by atoms with Crippen molar-refractivity contribution in [2.24, 2.45) is 0 Å². The Morgan fingerprint density at radius 1 is 0.547 bits per heavy atom. The summed E-state index contributed by atoms with van der Waals surface area (Å²) < 4.78 is 46.8. The van der Waals surface area contributed by atoms with Crippen LogP contribution in [0.2, 0.25) is 0 Å². The maximum absolute atomic E-state index is 8.69. The molecule has 1 aliphatic rings. The van der Waals surface area contributed by atoms with Gasteiger partial charge in [0.15, 0.2) is 17.5 Å². The Morgan fingerprint density at radius 3 is 2.13 bits per heavy atom. The Bertz CT molecular complexity index is 3360. The second-order valence-corrected chi connectivity index (χ2v) is 15.1. The number of hydrogen-bond acceptors (Lipinski definition) is 4. The van der Waals surface area contributed by atoms with Crippen LogP contribution in [0.4, 0.5) is 0 Å². The van der Waals surface area contributed by atoms with E-state index in [2.05, 4.69) is 114 Å². The molecule has 250 valence electrons. The van der Waals surface area contributed by atoms with E-state index in [9.17, 15) is 0 Å². The molecule has 4 nitrogen and oxygen atoms in total.